The zero-order valence-corrected chi connectivity index (χ0v) is 19.6. The topological polar surface area (TPSA) is 92.3 Å². The first-order chi connectivity index (χ1) is 14.8. The molecule has 0 amide bonds. The van der Waals surface area contributed by atoms with Crippen molar-refractivity contribution in [2.75, 3.05) is 41.4 Å². The summed E-state index contributed by atoms with van der Waals surface area (Å²) >= 11 is 0. The Balaban J connectivity index is 1.98. The fraction of sp³-hybridized carbons (Fsp3) is 0.409. The average molecular weight is 449 g/mol. The molecule has 2 aromatic carbocycles. The third-order valence-corrected chi connectivity index (χ3v) is 6.45. The highest BCUT2D eigenvalue weighted by Crippen LogP contribution is 2.27. The van der Waals surface area contributed by atoms with Crippen LogP contribution in [-0.4, -0.2) is 60.1 Å². The monoisotopic (exact) mass is 448 g/mol. The van der Waals surface area contributed by atoms with Crippen LogP contribution in [0.3, 0.4) is 0 Å². The molecule has 9 heteroatoms. The van der Waals surface area contributed by atoms with Crippen LogP contribution in [0.5, 0.6) is 11.5 Å². The van der Waals surface area contributed by atoms with E-state index in [1.165, 1.54) is 18.4 Å². The van der Waals surface area contributed by atoms with Crippen molar-refractivity contribution < 1.29 is 17.9 Å². The zero-order chi connectivity index (χ0) is 22.9. The second-order valence-corrected chi connectivity index (χ2v) is 9.14. The van der Waals surface area contributed by atoms with Crippen LogP contribution in [0, 0.1) is 0 Å². The van der Waals surface area contributed by atoms with Gasteiger partial charge >= 0.3 is 0 Å². The number of hydrogen-bond donors (Lipinski definition) is 2. The van der Waals surface area contributed by atoms with Crippen molar-refractivity contribution >= 4 is 16.0 Å². The molecule has 31 heavy (non-hydrogen) atoms. The molecule has 0 radical (unpaired) electrons. The molecule has 0 fully saturated rings. The number of benzene rings is 2. The van der Waals surface area contributed by atoms with Gasteiger partial charge in [0.25, 0.3) is 0 Å². The van der Waals surface area contributed by atoms with Crippen molar-refractivity contribution in [3.8, 4) is 11.5 Å². The van der Waals surface area contributed by atoms with Crippen LogP contribution in [0.1, 0.15) is 18.1 Å². The maximum atomic E-state index is 12.2. The second-order valence-electron chi connectivity index (χ2n) is 6.99. The molecule has 170 valence electrons. The van der Waals surface area contributed by atoms with Crippen LogP contribution in [0.25, 0.3) is 0 Å². The highest BCUT2D eigenvalue weighted by Gasteiger charge is 2.16. The number of methoxy groups -OCH3 is 2. The van der Waals surface area contributed by atoms with Crippen LogP contribution in [0.4, 0.5) is 0 Å². The van der Waals surface area contributed by atoms with Crippen molar-refractivity contribution in [2.45, 2.75) is 24.8 Å². The summed E-state index contributed by atoms with van der Waals surface area (Å²) in [5.41, 5.74) is 2.05. The quantitative estimate of drug-likeness (QED) is 0.428. The van der Waals surface area contributed by atoms with E-state index in [4.69, 9.17) is 9.47 Å². The molecule has 0 heterocycles. The Kier molecular flexibility index (Phi) is 9.14. The van der Waals surface area contributed by atoms with Gasteiger partial charge in [0.15, 0.2) is 17.5 Å². The molecule has 8 nitrogen and oxygen atoms in total. The van der Waals surface area contributed by atoms with Crippen molar-refractivity contribution in [2.24, 2.45) is 4.99 Å². The van der Waals surface area contributed by atoms with Crippen LogP contribution >= 0.6 is 0 Å². The molecular formula is C22H32N4O4S. The first kappa shape index (κ1) is 24.5. The van der Waals surface area contributed by atoms with Crippen LogP contribution in [-0.2, 0) is 23.0 Å². The lowest BCUT2D eigenvalue weighted by Crippen LogP contribution is -2.38. The second kappa shape index (κ2) is 11.6. The van der Waals surface area contributed by atoms with Gasteiger partial charge in [-0.05, 0) is 48.7 Å². The lowest BCUT2D eigenvalue weighted by atomic mass is 10.1. The van der Waals surface area contributed by atoms with Gasteiger partial charge in [-0.1, -0.05) is 18.2 Å². The summed E-state index contributed by atoms with van der Waals surface area (Å²) in [5, 5.41) is 6.54. The number of guanidine groups is 1. The minimum Gasteiger partial charge on any atom is -0.493 e. The number of hydrogen-bond acceptors (Lipinski definition) is 5. The minimum atomic E-state index is -3.43. The Labute approximate surface area is 185 Å². The van der Waals surface area contributed by atoms with Crippen molar-refractivity contribution in [3.63, 3.8) is 0 Å². The number of sulfonamides is 1. The Morgan fingerprint density at radius 2 is 1.61 bits per heavy atom. The Morgan fingerprint density at radius 3 is 2.19 bits per heavy atom. The van der Waals surface area contributed by atoms with Gasteiger partial charge in [-0.3, -0.25) is 0 Å². The van der Waals surface area contributed by atoms with E-state index in [-0.39, 0.29) is 4.90 Å². The van der Waals surface area contributed by atoms with Gasteiger partial charge in [-0.25, -0.2) is 17.7 Å². The average Bonchev–Trinajstić information content (AvgIpc) is 2.77. The molecule has 0 atom stereocenters. The van der Waals surface area contributed by atoms with Crippen molar-refractivity contribution in [1.29, 1.82) is 0 Å². The van der Waals surface area contributed by atoms with Gasteiger partial charge in [0.1, 0.15) is 0 Å². The molecule has 2 aromatic rings. The molecule has 0 unspecified atom stereocenters. The van der Waals surface area contributed by atoms with Gasteiger partial charge in [0.05, 0.1) is 25.7 Å². The molecule has 0 spiro atoms. The standard InChI is InChI=1S/C22H32N4O4S/c1-6-23-22(24-14-13-17-9-12-20(29-4)21(15-17)30-5)25-16-18-7-10-19(11-8-18)31(27,28)26(2)3/h7-12,15H,6,13-14,16H2,1-5H3,(H2,23,24,25). The van der Waals surface area contributed by atoms with E-state index < -0.39 is 10.0 Å². The lowest BCUT2D eigenvalue weighted by Gasteiger charge is -2.13. The summed E-state index contributed by atoms with van der Waals surface area (Å²) in [7, 11) is 2.85. The first-order valence-corrected chi connectivity index (χ1v) is 11.5. The van der Waals surface area contributed by atoms with Crippen molar-refractivity contribution in [3.05, 3.63) is 53.6 Å². The number of nitrogens with zero attached hydrogens (tertiary/aromatic N) is 2. The number of aliphatic imine (C=N–C) groups is 1. The van der Waals surface area contributed by atoms with Crippen LogP contribution in [0.2, 0.25) is 0 Å². The number of rotatable bonds is 10. The number of ether oxygens (including phenoxy) is 2. The van der Waals surface area contributed by atoms with Gasteiger partial charge < -0.3 is 20.1 Å². The normalized spacial score (nSPS) is 12.0. The lowest BCUT2D eigenvalue weighted by molar-refractivity contribution is 0.354. The van der Waals surface area contributed by atoms with E-state index in [0.29, 0.717) is 30.5 Å². The number of nitrogens with one attached hydrogen (secondary N) is 2. The molecule has 2 N–H and O–H groups in total. The van der Waals surface area contributed by atoms with E-state index in [0.717, 1.165) is 24.1 Å². The zero-order valence-electron chi connectivity index (χ0n) is 18.8. The highest BCUT2D eigenvalue weighted by atomic mass is 32.2. The Bertz CT molecular complexity index is 974. The Morgan fingerprint density at radius 1 is 0.968 bits per heavy atom. The van der Waals surface area contributed by atoms with Gasteiger partial charge in [-0.15, -0.1) is 0 Å². The van der Waals surface area contributed by atoms with Gasteiger partial charge in [0, 0.05) is 27.2 Å². The molecule has 2 rings (SSSR count). The van der Waals surface area contributed by atoms with Gasteiger partial charge in [-0.2, -0.15) is 0 Å². The largest absolute Gasteiger partial charge is 0.493 e. The fourth-order valence-electron chi connectivity index (χ4n) is 2.85. The molecule has 0 aromatic heterocycles. The van der Waals surface area contributed by atoms with E-state index in [9.17, 15) is 8.42 Å². The summed E-state index contributed by atoms with van der Waals surface area (Å²) in [5.74, 6) is 2.12. The summed E-state index contributed by atoms with van der Waals surface area (Å²) in [6.07, 6.45) is 0.794. The third kappa shape index (κ3) is 6.86. The molecule has 0 aliphatic heterocycles. The minimum absolute atomic E-state index is 0.269. The molecular weight excluding hydrogens is 416 g/mol. The highest BCUT2D eigenvalue weighted by molar-refractivity contribution is 7.89. The maximum absolute atomic E-state index is 12.2. The molecule has 0 saturated heterocycles. The van der Waals surface area contributed by atoms with Crippen LogP contribution in [0.15, 0.2) is 52.4 Å². The summed E-state index contributed by atoms with van der Waals surface area (Å²) in [6.45, 7) is 3.88. The maximum Gasteiger partial charge on any atom is 0.242 e. The summed E-state index contributed by atoms with van der Waals surface area (Å²) in [4.78, 5) is 4.86. The van der Waals surface area contributed by atoms with Crippen molar-refractivity contribution in [1.82, 2.24) is 14.9 Å². The van der Waals surface area contributed by atoms with Gasteiger partial charge in [0.2, 0.25) is 10.0 Å². The SMILES string of the molecule is CCNC(=NCc1ccc(S(=O)(=O)N(C)C)cc1)NCCc1ccc(OC)c(OC)c1. The predicted molar refractivity (Wildman–Crippen MR) is 123 cm³/mol. The summed E-state index contributed by atoms with van der Waals surface area (Å²) < 4.78 is 36.2. The third-order valence-electron chi connectivity index (χ3n) is 4.62. The van der Waals surface area contributed by atoms with E-state index in [2.05, 4.69) is 15.6 Å². The molecule has 0 aliphatic rings. The molecule has 0 bridgehead atoms. The smallest absolute Gasteiger partial charge is 0.242 e. The first-order valence-electron chi connectivity index (χ1n) is 10.1. The van der Waals surface area contributed by atoms with E-state index in [1.807, 2.05) is 25.1 Å². The predicted octanol–water partition coefficient (Wildman–Crippen LogP) is 2.25. The molecule has 0 aliphatic carbocycles. The fourth-order valence-corrected chi connectivity index (χ4v) is 3.75. The summed E-state index contributed by atoms with van der Waals surface area (Å²) in [6, 6.07) is 12.7. The van der Waals surface area contributed by atoms with Crippen LogP contribution < -0.4 is 20.1 Å². The molecule has 0 saturated carbocycles. The van der Waals surface area contributed by atoms with E-state index in [1.54, 1.807) is 38.5 Å². The van der Waals surface area contributed by atoms with E-state index >= 15 is 0 Å². The Hall–Kier alpha value is -2.78.